The van der Waals surface area contributed by atoms with E-state index in [0.717, 1.165) is 23.4 Å². The average molecular weight is 396 g/mol. The molecular formula is C23H29N3O3. The normalized spacial score (nSPS) is 17.0. The Morgan fingerprint density at radius 2 is 1.79 bits per heavy atom. The van der Waals surface area contributed by atoms with Gasteiger partial charge in [-0.25, -0.2) is 0 Å². The van der Waals surface area contributed by atoms with Crippen LogP contribution >= 0.6 is 0 Å². The number of aromatic nitrogens is 1. The third-order valence-electron chi connectivity index (χ3n) is 5.41. The predicted molar refractivity (Wildman–Crippen MR) is 112 cm³/mol. The zero-order valence-corrected chi connectivity index (χ0v) is 17.2. The summed E-state index contributed by atoms with van der Waals surface area (Å²) < 4.78 is 5.18. The van der Waals surface area contributed by atoms with Crippen LogP contribution in [0.15, 0.2) is 48.7 Å². The van der Waals surface area contributed by atoms with Crippen molar-refractivity contribution >= 4 is 11.8 Å². The highest BCUT2D eigenvalue weighted by atomic mass is 16.5. The number of nitrogens with zero attached hydrogens (tertiary/aromatic N) is 3. The van der Waals surface area contributed by atoms with Gasteiger partial charge in [0, 0.05) is 51.4 Å². The van der Waals surface area contributed by atoms with Gasteiger partial charge in [0.05, 0.1) is 7.11 Å². The monoisotopic (exact) mass is 395 g/mol. The van der Waals surface area contributed by atoms with Crippen LogP contribution in [-0.4, -0.2) is 59.9 Å². The van der Waals surface area contributed by atoms with Crippen LogP contribution in [0.3, 0.4) is 0 Å². The van der Waals surface area contributed by atoms with Gasteiger partial charge in [-0.3, -0.25) is 14.6 Å². The minimum absolute atomic E-state index is 0.0588. The first-order chi connectivity index (χ1) is 14.0. The summed E-state index contributed by atoms with van der Waals surface area (Å²) >= 11 is 0. The van der Waals surface area contributed by atoms with Crippen molar-refractivity contribution in [2.75, 3.05) is 33.3 Å². The van der Waals surface area contributed by atoms with Gasteiger partial charge in [0.2, 0.25) is 11.8 Å². The molecule has 0 bridgehead atoms. The lowest BCUT2D eigenvalue weighted by Crippen LogP contribution is -2.36. The number of methoxy groups -OCH3 is 1. The molecule has 1 saturated heterocycles. The number of pyridine rings is 1. The Morgan fingerprint density at radius 1 is 1.07 bits per heavy atom. The van der Waals surface area contributed by atoms with Crippen LogP contribution in [0.4, 0.5) is 0 Å². The quantitative estimate of drug-likeness (QED) is 0.754. The summed E-state index contributed by atoms with van der Waals surface area (Å²) in [4.78, 5) is 33.1. The number of ether oxygens (including phenoxy) is 1. The van der Waals surface area contributed by atoms with Gasteiger partial charge < -0.3 is 14.5 Å². The first-order valence-electron chi connectivity index (χ1n) is 10.1. The van der Waals surface area contributed by atoms with E-state index in [-0.39, 0.29) is 17.7 Å². The minimum atomic E-state index is 0.0588. The average Bonchev–Trinajstić information content (AvgIpc) is 2.96. The Hall–Kier alpha value is -2.89. The molecule has 2 aromatic rings. The minimum Gasteiger partial charge on any atom is -0.497 e. The van der Waals surface area contributed by atoms with E-state index in [9.17, 15) is 9.59 Å². The van der Waals surface area contributed by atoms with Crippen LogP contribution < -0.4 is 4.74 Å². The van der Waals surface area contributed by atoms with Crippen LogP contribution in [-0.2, 0) is 22.4 Å². The Morgan fingerprint density at radius 3 is 2.45 bits per heavy atom. The molecule has 0 saturated carbocycles. The van der Waals surface area contributed by atoms with E-state index in [2.05, 4.69) is 4.98 Å². The molecule has 0 radical (unpaired) electrons. The van der Waals surface area contributed by atoms with Gasteiger partial charge >= 0.3 is 0 Å². The van der Waals surface area contributed by atoms with Crippen LogP contribution in [0.25, 0.3) is 0 Å². The van der Waals surface area contributed by atoms with E-state index in [1.807, 2.05) is 52.3 Å². The number of amides is 2. The van der Waals surface area contributed by atoms with Gasteiger partial charge in [-0.1, -0.05) is 18.2 Å². The Kier molecular flexibility index (Phi) is 7.22. The zero-order chi connectivity index (χ0) is 20.6. The molecule has 0 unspecified atom stereocenters. The molecule has 0 aliphatic carbocycles. The SMILES string of the molecule is COc1ccc(CCC(=O)N2CCN(C(C)=O)C[C@@H](Cc3ccccn3)C2)cc1. The molecule has 6 heteroatoms. The van der Waals surface area contributed by atoms with Crippen LogP contribution in [0, 0.1) is 5.92 Å². The lowest BCUT2D eigenvalue weighted by atomic mass is 10.0. The summed E-state index contributed by atoms with van der Waals surface area (Å²) in [7, 11) is 1.64. The molecular weight excluding hydrogens is 366 g/mol. The maximum Gasteiger partial charge on any atom is 0.222 e. The Bertz CT molecular complexity index is 808. The second-order valence-electron chi connectivity index (χ2n) is 7.54. The van der Waals surface area contributed by atoms with E-state index in [1.165, 1.54) is 0 Å². The van der Waals surface area contributed by atoms with Crippen molar-refractivity contribution in [1.82, 2.24) is 14.8 Å². The summed E-state index contributed by atoms with van der Waals surface area (Å²) in [6, 6.07) is 13.7. The van der Waals surface area contributed by atoms with Crippen molar-refractivity contribution in [3.05, 3.63) is 59.9 Å². The van der Waals surface area contributed by atoms with Gasteiger partial charge in [-0.2, -0.15) is 0 Å². The fourth-order valence-electron chi connectivity index (χ4n) is 3.76. The molecule has 29 heavy (non-hydrogen) atoms. The summed E-state index contributed by atoms with van der Waals surface area (Å²) in [6.45, 7) is 4.08. The highest BCUT2D eigenvalue weighted by Crippen LogP contribution is 2.17. The molecule has 2 heterocycles. The third-order valence-corrected chi connectivity index (χ3v) is 5.41. The van der Waals surface area contributed by atoms with Crippen molar-refractivity contribution in [3.63, 3.8) is 0 Å². The highest BCUT2D eigenvalue weighted by molar-refractivity contribution is 5.77. The van der Waals surface area contributed by atoms with E-state index < -0.39 is 0 Å². The molecule has 1 aliphatic rings. The van der Waals surface area contributed by atoms with Crippen LogP contribution in [0.2, 0.25) is 0 Å². The molecule has 2 amide bonds. The van der Waals surface area contributed by atoms with E-state index in [0.29, 0.717) is 39.0 Å². The van der Waals surface area contributed by atoms with Gasteiger partial charge in [0.15, 0.2) is 0 Å². The van der Waals surface area contributed by atoms with Crippen molar-refractivity contribution < 1.29 is 14.3 Å². The number of hydrogen-bond donors (Lipinski definition) is 0. The summed E-state index contributed by atoms with van der Waals surface area (Å²) in [5.74, 6) is 1.19. The molecule has 6 nitrogen and oxygen atoms in total. The zero-order valence-electron chi connectivity index (χ0n) is 17.2. The lowest BCUT2D eigenvalue weighted by Gasteiger charge is -2.24. The Balaban J connectivity index is 1.63. The number of carbonyl (C=O) groups is 2. The van der Waals surface area contributed by atoms with E-state index in [4.69, 9.17) is 4.74 Å². The van der Waals surface area contributed by atoms with Gasteiger partial charge in [0.25, 0.3) is 0 Å². The first kappa shape index (κ1) is 20.8. The number of rotatable bonds is 6. The molecule has 0 spiro atoms. The topological polar surface area (TPSA) is 62.7 Å². The number of carbonyl (C=O) groups excluding carboxylic acids is 2. The highest BCUT2D eigenvalue weighted by Gasteiger charge is 2.27. The van der Waals surface area contributed by atoms with Gasteiger partial charge in [-0.05, 0) is 48.6 Å². The molecule has 1 atom stereocenters. The van der Waals surface area contributed by atoms with Crippen molar-refractivity contribution in [1.29, 1.82) is 0 Å². The molecule has 1 aromatic carbocycles. The predicted octanol–water partition coefficient (Wildman–Crippen LogP) is 2.57. The standard InChI is InChI=1S/C23H29N3O3/c1-18(27)25-13-14-26(17-20(16-25)15-21-5-3-4-12-24-21)23(28)11-8-19-6-9-22(29-2)10-7-19/h3-7,9-10,12,20H,8,11,13-17H2,1-2H3/t20-/m1/s1. The van der Waals surface area contributed by atoms with E-state index in [1.54, 1.807) is 20.2 Å². The van der Waals surface area contributed by atoms with Crippen LogP contribution in [0.5, 0.6) is 5.75 Å². The smallest absolute Gasteiger partial charge is 0.222 e. The van der Waals surface area contributed by atoms with Gasteiger partial charge in [-0.15, -0.1) is 0 Å². The lowest BCUT2D eigenvalue weighted by molar-refractivity contribution is -0.132. The molecule has 1 aliphatic heterocycles. The Labute approximate surface area is 172 Å². The molecule has 1 fully saturated rings. The number of hydrogen-bond acceptors (Lipinski definition) is 4. The molecule has 1 aromatic heterocycles. The molecule has 154 valence electrons. The maximum absolute atomic E-state index is 12.9. The van der Waals surface area contributed by atoms with E-state index >= 15 is 0 Å². The fourth-order valence-corrected chi connectivity index (χ4v) is 3.76. The summed E-state index contributed by atoms with van der Waals surface area (Å²) in [5, 5.41) is 0. The molecule has 3 rings (SSSR count). The second kappa shape index (κ2) is 10.0. The largest absolute Gasteiger partial charge is 0.497 e. The van der Waals surface area contributed by atoms with Gasteiger partial charge in [0.1, 0.15) is 5.75 Å². The second-order valence-corrected chi connectivity index (χ2v) is 7.54. The van der Waals surface area contributed by atoms with Crippen molar-refractivity contribution in [3.8, 4) is 5.75 Å². The van der Waals surface area contributed by atoms with Crippen LogP contribution in [0.1, 0.15) is 24.6 Å². The molecule has 0 N–H and O–H groups in total. The fraction of sp³-hybridized carbons (Fsp3) is 0.435. The number of benzene rings is 1. The maximum atomic E-state index is 12.9. The summed E-state index contributed by atoms with van der Waals surface area (Å²) in [5.41, 5.74) is 2.11. The number of aryl methyl sites for hydroxylation is 1. The first-order valence-corrected chi connectivity index (χ1v) is 10.1. The van der Waals surface area contributed by atoms with Crippen molar-refractivity contribution in [2.45, 2.75) is 26.2 Å². The van der Waals surface area contributed by atoms with Crippen molar-refractivity contribution in [2.24, 2.45) is 5.92 Å². The third kappa shape index (κ3) is 6.04. The summed E-state index contributed by atoms with van der Waals surface area (Å²) in [6.07, 6.45) is 3.70.